The number of aromatic nitrogens is 1. The molecule has 4 nitrogen and oxygen atoms in total. The summed E-state index contributed by atoms with van der Waals surface area (Å²) in [7, 11) is 1.50. The average Bonchev–Trinajstić information content (AvgIpc) is 4.07. The molecular formula is C64H47N3O. The highest BCUT2D eigenvalue weighted by Gasteiger charge is 2.51. The number of nitrogens with two attached hydrogens (primary N) is 1. The molecule has 10 aromatic carbocycles. The third kappa shape index (κ3) is 5.81. The molecule has 1 spiro atoms. The Labute approximate surface area is 395 Å². The minimum absolute atomic E-state index is 0.0279. The Hall–Kier alpha value is -8.28. The first-order chi connectivity index (χ1) is 33.8. The van der Waals surface area contributed by atoms with E-state index in [1.165, 1.54) is 107 Å². The van der Waals surface area contributed by atoms with Gasteiger partial charge in [0.15, 0.2) is 0 Å². The standard InChI is InChI=1S/C63H42N2O.CH5N/c1-3-16-40(17-4-1)41-32-34-43(35-33-41)61(42-18-5-2-6-19-42)64-39-45-20-13-26-53-59(45)50-38-44(46-23-15-31-58-60(46)49-22-8-12-30-57(49)66-58)36-37-51(50)63(53)52-25-9-11-29-56(52)65-55-28-10-7-21-47(55)48-24-14-27-54(63)62(48)65;1-2/h1-38,61,64H,39H2;2H2,1H3. The van der Waals surface area contributed by atoms with Gasteiger partial charge in [-0.25, -0.2) is 0 Å². The van der Waals surface area contributed by atoms with Crippen LogP contribution in [0.25, 0.3) is 82.8 Å². The summed E-state index contributed by atoms with van der Waals surface area (Å²) in [6.07, 6.45) is 0. The molecule has 12 aromatic rings. The fourth-order valence-electron chi connectivity index (χ4n) is 11.9. The number of benzene rings is 10. The molecule has 0 saturated heterocycles. The summed E-state index contributed by atoms with van der Waals surface area (Å²) < 4.78 is 8.97. The van der Waals surface area contributed by atoms with Gasteiger partial charge in [-0.15, -0.1) is 0 Å². The minimum atomic E-state index is -0.569. The summed E-state index contributed by atoms with van der Waals surface area (Å²) in [5.74, 6) is 0. The first-order valence-electron chi connectivity index (χ1n) is 23.6. The number of fused-ring (bicyclic) bond motifs is 15. The molecule has 4 heteroatoms. The van der Waals surface area contributed by atoms with E-state index in [1.807, 2.05) is 0 Å². The van der Waals surface area contributed by atoms with Gasteiger partial charge in [-0.1, -0.05) is 200 Å². The number of rotatable bonds is 7. The molecule has 0 saturated carbocycles. The largest absolute Gasteiger partial charge is 0.456 e. The highest BCUT2D eigenvalue weighted by molar-refractivity contribution is 6.14. The lowest BCUT2D eigenvalue weighted by atomic mass is 9.65. The van der Waals surface area contributed by atoms with Crippen LogP contribution < -0.4 is 11.1 Å². The Balaban J connectivity index is 0.00000226. The van der Waals surface area contributed by atoms with Crippen molar-refractivity contribution >= 4 is 43.7 Å². The van der Waals surface area contributed by atoms with Crippen LogP contribution in [0.15, 0.2) is 235 Å². The van der Waals surface area contributed by atoms with Gasteiger partial charge in [-0.2, -0.15) is 0 Å². The van der Waals surface area contributed by atoms with Crippen LogP contribution in [0.1, 0.15) is 45.0 Å². The lowest BCUT2D eigenvalue weighted by molar-refractivity contribution is 0.605. The topological polar surface area (TPSA) is 56.1 Å². The fourth-order valence-corrected chi connectivity index (χ4v) is 11.9. The van der Waals surface area contributed by atoms with Gasteiger partial charge in [0, 0.05) is 28.1 Å². The normalized spacial score (nSPS) is 14.7. The molecule has 1 aliphatic carbocycles. The minimum Gasteiger partial charge on any atom is -0.456 e. The van der Waals surface area contributed by atoms with Crippen LogP contribution >= 0.6 is 0 Å². The summed E-state index contributed by atoms with van der Waals surface area (Å²) in [6.45, 7) is 0.664. The Kier molecular flexibility index (Phi) is 9.39. The van der Waals surface area contributed by atoms with E-state index in [1.54, 1.807) is 0 Å². The second-order valence-electron chi connectivity index (χ2n) is 17.9. The van der Waals surface area contributed by atoms with Crippen molar-refractivity contribution < 1.29 is 4.42 Å². The van der Waals surface area contributed by atoms with E-state index in [9.17, 15) is 0 Å². The second-order valence-corrected chi connectivity index (χ2v) is 17.9. The summed E-state index contributed by atoms with van der Waals surface area (Å²) in [6, 6.07) is 84.8. The van der Waals surface area contributed by atoms with E-state index in [4.69, 9.17) is 4.42 Å². The van der Waals surface area contributed by atoms with E-state index in [0.29, 0.717) is 6.54 Å². The van der Waals surface area contributed by atoms with Gasteiger partial charge in [0.25, 0.3) is 0 Å². The lowest BCUT2D eigenvalue weighted by Gasteiger charge is -2.39. The van der Waals surface area contributed by atoms with Gasteiger partial charge in [0.1, 0.15) is 11.2 Å². The summed E-state index contributed by atoms with van der Waals surface area (Å²) in [5, 5.41) is 8.96. The first kappa shape index (κ1) is 40.0. The maximum Gasteiger partial charge on any atom is 0.136 e. The van der Waals surface area contributed by atoms with Crippen LogP contribution in [0.5, 0.6) is 0 Å². The average molecular weight is 874 g/mol. The summed E-state index contributed by atoms with van der Waals surface area (Å²) in [5.41, 5.74) is 25.8. The zero-order valence-electron chi connectivity index (χ0n) is 37.7. The van der Waals surface area contributed by atoms with Gasteiger partial charge in [0.2, 0.25) is 0 Å². The molecule has 0 fully saturated rings. The van der Waals surface area contributed by atoms with E-state index in [-0.39, 0.29) is 6.04 Å². The van der Waals surface area contributed by atoms with Crippen molar-refractivity contribution in [3.8, 4) is 39.1 Å². The van der Waals surface area contributed by atoms with Crippen molar-refractivity contribution in [3.05, 3.63) is 269 Å². The molecule has 2 unspecified atom stereocenters. The highest BCUT2D eigenvalue weighted by Crippen LogP contribution is 2.62. The predicted octanol–water partition coefficient (Wildman–Crippen LogP) is 15.1. The van der Waals surface area contributed by atoms with Crippen LogP contribution in [0.4, 0.5) is 0 Å². The number of nitrogens with one attached hydrogen (secondary N) is 1. The summed E-state index contributed by atoms with van der Waals surface area (Å²) >= 11 is 0. The van der Waals surface area contributed by atoms with Crippen LogP contribution in [0.2, 0.25) is 0 Å². The van der Waals surface area contributed by atoms with Crippen molar-refractivity contribution in [1.82, 2.24) is 9.88 Å². The zero-order valence-corrected chi connectivity index (χ0v) is 37.7. The molecular weight excluding hydrogens is 827 g/mol. The van der Waals surface area contributed by atoms with Gasteiger partial charge in [-0.3, -0.25) is 0 Å². The quantitative estimate of drug-likeness (QED) is 0.168. The Bertz CT molecular complexity index is 3880. The van der Waals surface area contributed by atoms with E-state index in [2.05, 4.69) is 246 Å². The van der Waals surface area contributed by atoms with Crippen LogP contribution in [-0.4, -0.2) is 11.6 Å². The fraction of sp³-hybridized carbons (Fsp3) is 0.0625. The lowest BCUT2D eigenvalue weighted by Crippen LogP contribution is -2.33. The van der Waals surface area contributed by atoms with Crippen molar-refractivity contribution in [3.63, 3.8) is 0 Å². The molecule has 68 heavy (non-hydrogen) atoms. The van der Waals surface area contributed by atoms with Crippen molar-refractivity contribution in [2.24, 2.45) is 5.73 Å². The van der Waals surface area contributed by atoms with Crippen LogP contribution in [0, 0.1) is 0 Å². The van der Waals surface area contributed by atoms with Gasteiger partial charge in [0.05, 0.1) is 28.2 Å². The smallest absolute Gasteiger partial charge is 0.136 e. The van der Waals surface area contributed by atoms with Gasteiger partial charge >= 0.3 is 0 Å². The van der Waals surface area contributed by atoms with Gasteiger partial charge < -0.3 is 20.0 Å². The molecule has 14 rings (SSSR count). The Morgan fingerprint density at radius 2 is 1.09 bits per heavy atom. The number of furan rings is 1. The number of para-hydroxylation sites is 4. The molecule has 0 amide bonds. The molecule has 0 bridgehead atoms. The summed E-state index contributed by atoms with van der Waals surface area (Å²) in [4.78, 5) is 0. The third-order valence-electron chi connectivity index (χ3n) is 14.6. The SMILES string of the molecule is CN.c1ccc(-c2ccc(C(NCc3cccc4c3-c3cc(-c5cccc6oc7ccccc7c56)ccc3C43c4ccccc4-n4c5ccccc5c5cccc3c54)c3ccccc3)cc2)cc1. The van der Waals surface area contributed by atoms with Crippen LogP contribution in [-0.2, 0) is 12.0 Å². The maximum atomic E-state index is 6.45. The molecule has 3 heterocycles. The Morgan fingerprint density at radius 1 is 0.471 bits per heavy atom. The van der Waals surface area contributed by atoms with Crippen molar-refractivity contribution in [2.45, 2.75) is 18.0 Å². The number of hydrogen-bond acceptors (Lipinski definition) is 3. The molecule has 0 radical (unpaired) electrons. The zero-order chi connectivity index (χ0) is 45.3. The number of hydrogen-bond donors (Lipinski definition) is 2. The Morgan fingerprint density at radius 3 is 1.94 bits per heavy atom. The first-order valence-corrected chi connectivity index (χ1v) is 23.6. The molecule has 2 aliphatic rings. The molecule has 324 valence electrons. The molecule has 3 N–H and O–H groups in total. The molecule has 2 aromatic heterocycles. The van der Waals surface area contributed by atoms with E-state index in [0.717, 1.165) is 21.9 Å². The maximum absolute atomic E-state index is 6.45. The molecule has 2 atom stereocenters. The van der Waals surface area contributed by atoms with Crippen molar-refractivity contribution in [2.75, 3.05) is 7.05 Å². The van der Waals surface area contributed by atoms with Crippen LogP contribution in [0.3, 0.4) is 0 Å². The highest BCUT2D eigenvalue weighted by atomic mass is 16.3. The second kappa shape index (κ2) is 16.0. The monoisotopic (exact) mass is 873 g/mol. The number of nitrogens with zero attached hydrogens (tertiary/aromatic N) is 1. The molecule has 1 aliphatic heterocycles. The third-order valence-corrected chi connectivity index (χ3v) is 14.6. The van der Waals surface area contributed by atoms with Gasteiger partial charge in [-0.05, 0) is 110 Å². The van der Waals surface area contributed by atoms with E-state index < -0.39 is 5.41 Å². The van der Waals surface area contributed by atoms with E-state index >= 15 is 0 Å². The van der Waals surface area contributed by atoms with Crippen molar-refractivity contribution in [1.29, 1.82) is 0 Å². The predicted molar refractivity (Wildman–Crippen MR) is 281 cm³/mol.